The number of piperidine rings is 1. The van der Waals surface area contributed by atoms with Gasteiger partial charge in [-0.05, 0) is 62.1 Å². The summed E-state index contributed by atoms with van der Waals surface area (Å²) in [5, 5.41) is 7.33. The maximum atomic E-state index is 13.1. The largest absolute Gasteiger partial charge is 0.459 e. The molecule has 1 N–H and O–H groups in total. The van der Waals surface area contributed by atoms with Gasteiger partial charge in [0.1, 0.15) is 5.82 Å². The van der Waals surface area contributed by atoms with Gasteiger partial charge in [-0.3, -0.25) is 9.69 Å². The molecule has 0 saturated carbocycles. The molecule has 7 nitrogen and oxygen atoms in total. The number of halogens is 1. The Morgan fingerprint density at radius 2 is 2.00 bits per heavy atom. The fraction of sp³-hybridized carbons (Fsp3) is 0.417. The van der Waals surface area contributed by atoms with Crippen LogP contribution in [0, 0.1) is 5.82 Å². The zero-order valence-corrected chi connectivity index (χ0v) is 17.9. The maximum Gasteiger partial charge on any atom is 0.287 e. The fourth-order valence-electron chi connectivity index (χ4n) is 4.66. The lowest BCUT2D eigenvalue weighted by atomic mass is 9.88. The molecule has 0 bridgehead atoms. The minimum atomic E-state index is -0.250. The zero-order valence-electron chi connectivity index (χ0n) is 17.9. The minimum Gasteiger partial charge on any atom is -0.459 e. The lowest BCUT2D eigenvalue weighted by Gasteiger charge is -2.39. The highest BCUT2D eigenvalue weighted by atomic mass is 19.1. The molecule has 168 valence electrons. The summed E-state index contributed by atoms with van der Waals surface area (Å²) in [6.07, 6.45) is 9.39. The number of rotatable bonds is 6. The number of ether oxygens (including phenoxy) is 1. The number of nitrogens with zero attached hydrogens (tertiary/aromatic N) is 3. The molecular weight excluding hydrogens is 411 g/mol. The van der Waals surface area contributed by atoms with Gasteiger partial charge < -0.3 is 14.5 Å². The summed E-state index contributed by atoms with van der Waals surface area (Å²) in [6.45, 7) is 3.27. The third kappa shape index (κ3) is 4.61. The average molecular weight is 439 g/mol. The highest BCUT2D eigenvalue weighted by molar-refractivity contribution is 5.91. The van der Waals surface area contributed by atoms with Crippen molar-refractivity contribution < 1.29 is 18.3 Å². The van der Waals surface area contributed by atoms with Gasteiger partial charge in [-0.1, -0.05) is 0 Å². The summed E-state index contributed by atoms with van der Waals surface area (Å²) >= 11 is 0. The second-order valence-corrected chi connectivity index (χ2v) is 8.69. The molecule has 1 spiro atoms. The molecule has 0 aliphatic carbocycles. The van der Waals surface area contributed by atoms with E-state index in [1.54, 1.807) is 28.9 Å². The molecule has 2 fully saturated rings. The van der Waals surface area contributed by atoms with Crippen LogP contribution in [0.2, 0.25) is 0 Å². The number of amides is 1. The van der Waals surface area contributed by atoms with E-state index in [9.17, 15) is 9.18 Å². The molecule has 1 atom stereocenters. The van der Waals surface area contributed by atoms with Crippen LogP contribution in [0.5, 0.6) is 0 Å². The van der Waals surface area contributed by atoms with E-state index in [0.717, 1.165) is 56.6 Å². The molecule has 0 unspecified atom stereocenters. The number of likely N-dealkylation sites (tertiary alicyclic amines) is 1. The van der Waals surface area contributed by atoms with Gasteiger partial charge in [0.15, 0.2) is 5.76 Å². The van der Waals surface area contributed by atoms with Gasteiger partial charge in [-0.15, -0.1) is 0 Å². The molecule has 3 aromatic rings. The first kappa shape index (κ1) is 20.9. The van der Waals surface area contributed by atoms with Crippen LogP contribution in [0.25, 0.3) is 5.69 Å². The summed E-state index contributed by atoms with van der Waals surface area (Å²) in [4.78, 5) is 14.5. The van der Waals surface area contributed by atoms with E-state index in [1.807, 2.05) is 12.4 Å². The highest BCUT2D eigenvalue weighted by Gasteiger charge is 2.42. The number of carbonyl (C=O) groups excluding carboxylic acids is 1. The quantitative estimate of drug-likeness (QED) is 0.637. The van der Waals surface area contributed by atoms with Crippen molar-refractivity contribution in [1.82, 2.24) is 20.0 Å². The van der Waals surface area contributed by atoms with E-state index in [2.05, 4.69) is 15.3 Å². The second kappa shape index (κ2) is 8.88. The highest BCUT2D eigenvalue weighted by Crippen LogP contribution is 2.39. The third-order valence-electron chi connectivity index (χ3n) is 6.47. The number of benzene rings is 1. The Labute approximate surface area is 186 Å². The van der Waals surface area contributed by atoms with Crippen LogP contribution in [0.3, 0.4) is 0 Å². The summed E-state index contributed by atoms with van der Waals surface area (Å²) in [5.41, 5.74) is 1.91. The second-order valence-electron chi connectivity index (χ2n) is 8.69. The van der Waals surface area contributed by atoms with Gasteiger partial charge in [0.2, 0.25) is 0 Å². The number of nitrogens with one attached hydrogen (secondary N) is 1. The molecule has 8 heteroatoms. The van der Waals surface area contributed by atoms with Gasteiger partial charge in [0.05, 0.1) is 29.9 Å². The standard InChI is InChI=1S/C24H27FN4O3/c25-19-3-5-20(6-4-19)29-17-18(14-27-29)16-28-11-9-24(10-12-28)8-7-21(32-24)15-26-23(30)22-2-1-13-31-22/h1-6,13-14,17,21H,7-12,15-16H2,(H,26,30)/t21-/m0/s1. The molecule has 4 heterocycles. The summed E-state index contributed by atoms with van der Waals surface area (Å²) in [6, 6.07) is 9.70. The van der Waals surface area contributed by atoms with Crippen molar-refractivity contribution in [2.75, 3.05) is 19.6 Å². The van der Waals surface area contributed by atoms with Crippen molar-refractivity contribution in [2.45, 2.75) is 43.9 Å². The summed E-state index contributed by atoms with van der Waals surface area (Å²) in [7, 11) is 0. The van der Waals surface area contributed by atoms with Crippen LogP contribution >= 0.6 is 0 Å². The van der Waals surface area contributed by atoms with E-state index in [-0.39, 0.29) is 23.4 Å². The summed E-state index contributed by atoms with van der Waals surface area (Å²) < 4.78 is 26.5. The lowest BCUT2D eigenvalue weighted by molar-refractivity contribution is -0.0764. The normalized spacial score (nSPS) is 20.6. The van der Waals surface area contributed by atoms with Crippen molar-refractivity contribution in [1.29, 1.82) is 0 Å². The van der Waals surface area contributed by atoms with Crippen LogP contribution in [0.1, 0.15) is 41.8 Å². The van der Waals surface area contributed by atoms with E-state index in [0.29, 0.717) is 12.3 Å². The van der Waals surface area contributed by atoms with Gasteiger partial charge in [0, 0.05) is 37.9 Å². The Bertz CT molecular complexity index is 1040. The third-order valence-corrected chi connectivity index (χ3v) is 6.47. The molecule has 0 radical (unpaired) electrons. The molecule has 2 aliphatic rings. The molecule has 2 aliphatic heterocycles. The Morgan fingerprint density at radius 3 is 2.75 bits per heavy atom. The number of furan rings is 1. The topological polar surface area (TPSA) is 72.5 Å². The Hall–Kier alpha value is -2.97. The van der Waals surface area contributed by atoms with E-state index in [1.165, 1.54) is 18.4 Å². The number of hydrogen-bond donors (Lipinski definition) is 1. The monoisotopic (exact) mass is 438 g/mol. The molecule has 32 heavy (non-hydrogen) atoms. The van der Waals surface area contributed by atoms with Crippen LogP contribution in [0.4, 0.5) is 4.39 Å². The number of carbonyl (C=O) groups is 1. The van der Waals surface area contributed by atoms with Crippen molar-refractivity contribution in [3.8, 4) is 5.69 Å². The van der Waals surface area contributed by atoms with Crippen molar-refractivity contribution in [3.63, 3.8) is 0 Å². The van der Waals surface area contributed by atoms with Gasteiger partial charge >= 0.3 is 0 Å². The van der Waals surface area contributed by atoms with E-state index < -0.39 is 0 Å². The Kier molecular flexibility index (Phi) is 5.80. The average Bonchev–Trinajstić information content (AvgIpc) is 3.56. The smallest absolute Gasteiger partial charge is 0.287 e. The number of aromatic nitrogens is 2. The van der Waals surface area contributed by atoms with Gasteiger partial charge in [0.25, 0.3) is 5.91 Å². The molecule has 1 aromatic carbocycles. The first-order valence-corrected chi connectivity index (χ1v) is 11.1. The van der Waals surface area contributed by atoms with Gasteiger partial charge in [-0.25, -0.2) is 9.07 Å². The molecule has 2 saturated heterocycles. The first-order valence-electron chi connectivity index (χ1n) is 11.1. The van der Waals surface area contributed by atoms with E-state index in [4.69, 9.17) is 9.15 Å². The van der Waals surface area contributed by atoms with Crippen LogP contribution in [-0.4, -0.2) is 51.9 Å². The van der Waals surface area contributed by atoms with Crippen LogP contribution < -0.4 is 5.32 Å². The molecule has 1 amide bonds. The zero-order chi connectivity index (χ0) is 22.0. The minimum absolute atomic E-state index is 0.0504. The van der Waals surface area contributed by atoms with Crippen molar-refractivity contribution >= 4 is 5.91 Å². The van der Waals surface area contributed by atoms with E-state index >= 15 is 0 Å². The SMILES string of the molecule is O=C(NC[C@@H]1CCC2(CCN(Cc3cnn(-c4ccc(F)cc4)c3)CC2)O1)c1ccco1. The number of hydrogen-bond acceptors (Lipinski definition) is 5. The Morgan fingerprint density at radius 1 is 1.19 bits per heavy atom. The molecule has 2 aromatic heterocycles. The summed E-state index contributed by atoms with van der Waals surface area (Å²) in [5.74, 6) is -0.121. The molecular formula is C24H27FN4O3. The predicted octanol–water partition coefficient (Wildman–Crippen LogP) is 3.55. The van der Waals surface area contributed by atoms with Crippen LogP contribution in [-0.2, 0) is 11.3 Å². The van der Waals surface area contributed by atoms with Crippen LogP contribution in [0.15, 0.2) is 59.5 Å². The maximum absolute atomic E-state index is 13.1. The van der Waals surface area contributed by atoms with Gasteiger partial charge in [-0.2, -0.15) is 5.10 Å². The fourth-order valence-corrected chi connectivity index (χ4v) is 4.66. The Balaban J connectivity index is 1.09. The predicted molar refractivity (Wildman–Crippen MR) is 116 cm³/mol. The van der Waals surface area contributed by atoms with Crippen molar-refractivity contribution in [3.05, 3.63) is 72.2 Å². The lowest BCUT2D eigenvalue weighted by Crippen LogP contribution is -2.44. The van der Waals surface area contributed by atoms with Crippen molar-refractivity contribution in [2.24, 2.45) is 0 Å². The molecule has 5 rings (SSSR count). The first-order chi connectivity index (χ1) is 15.6.